The SMILES string of the molecule is COc1ccc(/C=C(\C#N)C(=O)NCCc2ccc(OC)c(OC)c2)cc1. The topological polar surface area (TPSA) is 80.6 Å². The number of carbonyl (C=O) groups excluding carboxylic acids is 1. The lowest BCUT2D eigenvalue weighted by Gasteiger charge is -2.10. The molecule has 0 fully saturated rings. The summed E-state index contributed by atoms with van der Waals surface area (Å²) >= 11 is 0. The highest BCUT2D eigenvalue weighted by Crippen LogP contribution is 2.27. The van der Waals surface area contributed by atoms with Crippen molar-refractivity contribution >= 4 is 12.0 Å². The minimum absolute atomic E-state index is 0.0486. The van der Waals surface area contributed by atoms with E-state index in [1.54, 1.807) is 51.7 Å². The quantitative estimate of drug-likeness (QED) is 0.574. The maximum atomic E-state index is 12.2. The standard InChI is InChI=1S/C21H22N2O4/c1-25-18-7-4-15(5-8-18)12-17(14-22)21(24)23-11-10-16-6-9-19(26-2)20(13-16)27-3/h4-9,12-13H,10-11H2,1-3H3,(H,23,24)/b17-12+. The van der Waals surface area contributed by atoms with E-state index in [1.165, 1.54) is 0 Å². The fraction of sp³-hybridized carbons (Fsp3) is 0.238. The van der Waals surface area contributed by atoms with E-state index < -0.39 is 5.91 Å². The number of carbonyl (C=O) groups is 1. The maximum absolute atomic E-state index is 12.2. The average molecular weight is 366 g/mol. The Morgan fingerprint density at radius 1 is 1.04 bits per heavy atom. The summed E-state index contributed by atoms with van der Waals surface area (Å²) in [7, 11) is 4.74. The van der Waals surface area contributed by atoms with Crippen molar-refractivity contribution in [3.63, 3.8) is 0 Å². The van der Waals surface area contributed by atoms with Crippen LogP contribution in [0.5, 0.6) is 17.2 Å². The molecule has 140 valence electrons. The van der Waals surface area contributed by atoms with Crippen LogP contribution in [-0.4, -0.2) is 33.8 Å². The first kappa shape index (κ1) is 19.9. The van der Waals surface area contributed by atoms with E-state index in [1.807, 2.05) is 24.3 Å². The van der Waals surface area contributed by atoms with E-state index in [4.69, 9.17) is 14.2 Å². The third-order valence-electron chi connectivity index (χ3n) is 3.94. The largest absolute Gasteiger partial charge is 0.497 e. The van der Waals surface area contributed by atoms with Crippen LogP contribution in [0.1, 0.15) is 11.1 Å². The molecule has 0 aliphatic carbocycles. The van der Waals surface area contributed by atoms with Crippen LogP contribution in [0.25, 0.3) is 6.08 Å². The summed E-state index contributed by atoms with van der Waals surface area (Å²) in [6.07, 6.45) is 2.15. The van der Waals surface area contributed by atoms with E-state index >= 15 is 0 Å². The third kappa shape index (κ3) is 5.51. The van der Waals surface area contributed by atoms with Gasteiger partial charge in [-0.2, -0.15) is 5.26 Å². The van der Waals surface area contributed by atoms with Crippen LogP contribution >= 0.6 is 0 Å². The average Bonchev–Trinajstić information content (AvgIpc) is 2.72. The van der Waals surface area contributed by atoms with Crippen LogP contribution < -0.4 is 19.5 Å². The number of ether oxygens (including phenoxy) is 3. The second kappa shape index (κ2) is 9.88. The van der Waals surface area contributed by atoms with Gasteiger partial charge in [0, 0.05) is 6.54 Å². The number of amides is 1. The normalized spacial score (nSPS) is 10.7. The second-order valence-electron chi connectivity index (χ2n) is 5.64. The molecular formula is C21H22N2O4. The molecule has 6 nitrogen and oxygen atoms in total. The second-order valence-corrected chi connectivity index (χ2v) is 5.64. The Morgan fingerprint density at radius 2 is 1.74 bits per heavy atom. The predicted octanol–water partition coefficient (Wildman–Crippen LogP) is 2.98. The van der Waals surface area contributed by atoms with Gasteiger partial charge in [0.2, 0.25) is 0 Å². The Morgan fingerprint density at radius 3 is 2.33 bits per heavy atom. The Kier molecular flexibility index (Phi) is 7.26. The molecule has 0 aromatic heterocycles. The molecule has 0 bridgehead atoms. The highest BCUT2D eigenvalue weighted by atomic mass is 16.5. The number of nitriles is 1. The van der Waals surface area contributed by atoms with Crippen molar-refractivity contribution in [3.05, 3.63) is 59.2 Å². The molecule has 2 aromatic rings. The summed E-state index contributed by atoms with van der Waals surface area (Å²) in [6, 6.07) is 14.7. The monoisotopic (exact) mass is 366 g/mol. The van der Waals surface area contributed by atoms with Crippen molar-refractivity contribution in [1.82, 2.24) is 5.32 Å². The van der Waals surface area contributed by atoms with Gasteiger partial charge in [-0.05, 0) is 47.9 Å². The third-order valence-corrected chi connectivity index (χ3v) is 3.94. The molecule has 0 aliphatic rings. The van der Waals surface area contributed by atoms with Crippen molar-refractivity contribution < 1.29 is 19.0 Å². The number of rotatable bonds is 8. The van der Waals surface area contributed by atoms with Gasteiger partial charge in [-0.1, -0.05) is 18.2 Å². The lowest BCUT2D eigenvalue weighted by Crippen LogP contribution is -2.26. The first-order chi connectivity index (χ1) is 13.1. The molecule has 0 saturated heterocycles. The number of hydrogen-bond donors (Lipinski definition) is 1. The number of nitrogens with one attached hydrogen (secondary N) is 1. The van der Waals surface area contributed by atoms with Crippen LogP contribution in [0.2, 0.25) is 0 Å². The molecule has 0 unspecified atom stereocenters. The zero-order chi connectivity index (χ0) is 19.6. The highest BCUT2D eigenvalue weighted by Gasteiger charge is 2.09. The molecule has 1 amide bonds. The van der Waals surface area contributed by atoms with Crippen LogP contribution in [-0.2, 0) is 11.2 Å². The molecule has 2 rings (SSSR count). The molecule has 2 aromatic carbocycles. The highest BCUT2D eigenvalue weighted by molar-refractivity contribution is 6.01. The van der Waals surface area contributed by atoms with Gasteiger partial charge in [0.05, 0.1) is 21.3 Å². The van der Waals surface area contributed by atoms with Crippen molar-refractivity contribution in [2.75, 3.05) is 27.9 Å². The van der Waals surface area contributed by atoms with E-state index in [2.05, 4.69) is 5.32 Å². The maximum Gasteiger partial charge on any atom is 0.261 e. The molecule has 0 radical (unpaired) electrons. The Hall–Kier alpha value is -3.46. The number of nitrogens with zero attached hydrogens (tertiary/aromatic N) is 1. The van der Waals surface area contributed by atoms with E-state index in [9.17, 15) is 10.1 Å². The Bertz CT molecular complexity index is 851. The first-order valence-electron chi connectivity index (χ1n) is 8.36. The molecular weight excluding hydrogens is 344 g/mol. The minimum atomic E-state index is -0.409. The van der Waals surface area contributed by atoms with Gasteiger partial charge in [-0.15, -0.1) is 0 Å². The summed E-state index contributed by atoms with van der Waals surface area (Å²) in [5.41, 5.74) is 1.79. The summed E-state index contributed by atoms with van der Waals surface area (Å²) < 4.78 is 15.6. The zero-order valence-corrected chi connectivity index (χ0v) is 15.6. The van der Waals surface area contributed by atoms with Crippen molar-refractivity contribution in [1.29, 1.82) is 5.26 Å². The van der Waals surface area contributed by atoms with Gasteiger partial charge in [-0.3, -0.25) is 4.79 Å². The van der Waals surface area contributed by atoms with Gasteiger partial charge in [-0.25, -0.2) is 0 Å². The van der Waals surface area contributed by atoms with Crippen LogP contribution in [0, 0.1) is 11.3 Å². The molecule has 1 N–H and O–H groups in total. The fourth-order valence-electron chi connectivity index (χ4n) is 2.47. The van der Waals surface area contributed by atoms with Crippen molar-refractivity contribution in [2.24, 2.45) is 0 Å². The molecule has 0 aliphatic heterocycles. The van der Waals surface area contributed by atoms with E-state index in [0.717, 1.165) is 11.1 Å². The summed E-state index contributed by atoms with van der Waals surface area (Å²) in [5, 5.41) is 12.0. The fourth-order valence-corrected chi connectivity index (χ4v) is 2.47. The lowest BCUT2D eigenvalue weighted by molar-refractivity contribution is -0.117. The molecule has 0 saturated carbocycles. The molecule has 6 heteroatoms. The Balaban J connectivity index is 1.97. The summed E-state index contributed by atoms with van der Waals surface area (Å²) in [6.45, 7) is 0.399. The van der Waals surface area contributed by atoms with Crippen molar-refractivity contribution in [2.45, 2.75) is 6.42 Å². The predicted molar refractivity (Wildman–Crippen MR) is 103 cm³/mol. The minimum Gasteiger partial charge on any atom is -0.497 e. The van der Waals surface area contributed by atoms with Gasteiger partial charge in [0.15, 0.2) is 11.5 Å². The number of methoxy groups -OCH3 is 3. The molecule has 0 spiro atoms. The number of benzene rings is 2. The van der Waals surface area contributed by atoms with E-state index in [-0.39, 0.29) is 5.57 Å². The molecule has 0 heterocycles. The molecule has 27 heavy (non-hydrogen) atoms. The lowest BCUT2D eigenvalue weighted by atomic mass is 10.1. The number of hydrogen-bond acceptors (Lipinski definition) is 5. The van der Waals surface area contributed by atoms with E-state index in [0.29, 0.717) is 30.2 Å². The summed E-state index contributed by atoms with van der Waals surface area (Å²) in [4.78, 5) is 12.2. The Labute approximate surface area is 159 Å². The van der Waals surface area contributed by atoms with Crippen LogP contribution in [0.4, 0.5) is 0 Å². The van der Waals surface area contributed by atoms with Crippen LogP contribution in [0.15, 0.2) is 48.0 Å². The zero-order valence-electron chi connectivity index (χ0n) is 15.6. The van der Waals surface area contributed by atoms with Crippen molar-refractivity contribution in [3.8, 4) is 23.3 Å². The van der Waals surface area contributed by atoms with Gasteiger partial charge >= 0.3 is 0 Å². The first-order valence-corrected chi connectivity index (χ1v) is 8.36. The molecule has 0 atom stereocenters. The summed E-state index contributed by atoms with van der Waals surface area (Å²) in [5.74, 6) is 1.59. The van der Waals surface area contributed by atoms with Gasteiger partial charge in [0.25, 0.3) is 5.91 Å². The van der Waals surface area contributed by atoms with Crippen LogP contribution in [0.3, 0.4) is 0 Å². The van der Waals surface area contributed by atoms with Gasteiger partial charge in [0.1, 0.15) is 17.4 Å². The van der Waals surface area contributed by atoms with Gasteiger partial charge < -0.3 is 19.5 Å². The smallest absolute Gasteiger partial charge is 0.261 e.